The quantitative estimate of drug-likeness (QED) is 0.296. The Bertz CT molecular complexity index is 444. The Morgan fingerprint density at radius 1 is 0.727 bits per heavy atom. The van der Waals surface area contributed by atoms with E-state index in [1.165, 1.54) is 31.2 Å². The van der Waals surface area contributed by atoms with Crippen molar-refractivity contribution in [2.75, 3.05) is 0 Å². The van der Waals surface area contributed by atoms with E-state index >= 15 is 0 Å². The third-order valence-corrected chi connectivity index (χ3v) is 4.12. The van der Waals surface area contributed by atoms with Crippen molar-refractivity contribution in [1.82, 2.24) is 4.90 Å². The second-order valence-electron chi connectivity index (χ2n) is 5.62. The Labute approximate surface area is 127 Å². The molecule has 8 atom stereocenters. The summed E-state index contributed by atoms with van der Waals surface area (Å²) < 4.78 is 0. The van der Waals surface area contributed by atoms with Crippen LogP contribution in [0.3, 0.4) is 0 Å². The van der Waals surface area contributed by atoms with Gasteiger partial charge in [-0.2, -0.15) is 0 Å². The van der Waals surface area contributed by atoms with Gasteiger partial charge in [0.15, 0.2) is 0 Å². The maximum Gasteiger partial charge on any atom is 0.220 e. The van der Waals surface area contributed by atoms with Gasteiger partial charge in [-0.05, 0) is 0 Å². The van der Waals surface area contributed by atoms with Crippen LogP contribution in [0.15, 0.2) is 24.3 Å². The number of hydrogen-bond donors (Lipinski definition) is 6. The van der Waals surface area contributed by atoms with Gasteiger partial charge >= 0.3 is 0 Å². The molecule has 8 nitrogen and oxygen atoms in total. The van der Waals surface area contributed by atoms with E-state index in [-0.39, 0.29) is 0 Å². The topological polar surface area (TPSA) is 142 Å². The maximum atomic E-state index is 12.0. The van der Waals surface area contributed by atoms with Crippen LogP contribution in [0, 0.1) is 0 Å². The molecule has 0 fully saturated rings. The summed E-state index contributed by atoms with van der Waals surface area (Å²) in [4.78, 5) is 13.1. The molecule has 2 aliphatic carbocycles. The Hall–Kier alpha value is -1.29. The van der Waals surface area contributed by atoms with Crippen LogP contribution in [0.2, 0.25) is 0 Å². The third kappa shape index (κ3) is 2.94. The summed E-state index contributed by atoms with van der Waals surface area (Å²) in [5.74, 6) is -0.505. The lowest BCUT2D eigenvalue weighted by Crippen LogP contribution is -2.62. The molecule has 2 aliphatic rings. The highest BCUT2D eigenvalue weighted by Gasteiger charge is 2.44. The Morgan fingerprint density at radius 2 is 1.09 bits per heavy atom. The summed E-state index contributed by atoms with van der Waals surface area (Å²) in [6.45, 7) is 1.22. The fourth-order valence-electron chi connectivity index (χ4n) is 2.85. The first-order chi connectivity index (χ1) is 10.3. The van der Waals surface area contributed by atoms with Gasteiger partial charge in [0, 0.05) is 6.92 Å². The smallest absolute Gasteiger partial charge is 0.220 e. The molecule has 0 radical (unpaired) electrons. The molecular weight excluding hydrogens is 294 g/mol. The average Bonchev–Trinajstić information content (AvgIpc) is 2.47. The van der Waals surface area contributed by atoms with Gasteiger partial charge in [-0.1, -0.05) is 24.3 Å². The largest absolute Gasteiger partial charge is 0.388 e. The second kappa shape index (κ2) is 6.45. The lowest BCUT2D eigenvalue weighted by Gasteiger charge is -2.44. The molecule has 0 bridgehead atoms. The van der Waals surface area contributed by atoms with Crippen molar-refractivity contribution in [2.24, 2.45) is 0 Å². The van der Waals surface area contributed by atoms with Crippen LogP contribution in [0.25, 0.3) is 0 Å². The Kier molecular flexibility index (Phi) is 5.00. The highest BCUT2D eigenvalue weighted by molar-refractivity contribution is 5.75. The average molecular weight is 315 g/mol. The molecular formula is C14H21NO7. The molecule has 0 aromatic rings. The summed E-state index contributed by atoms with van der Waals surface area (Å²) >= 11 is 0. The lowest BCUT2D eigenvalue weighted by atomic mass is 9.88. The number of rotatable bonds is 2. The molecule has 124 valence electrons. The number of carbonyl (C=O) groups excluding carboxylic acids is 1. The van der Waals surface area contributed by atoms with Crippen LogP contribution in [-0.2, 0) is 4.79 Å². The number of aliphatic hydroxyl groups is 6. The minimum atomic E-state index is -1.47. The zero-order chi connectivity index (χ0) is 16.6. The molecule has 0 spiro atoms. The molecule has 22 heavy (non-hydrogen) atoms. The number of amides is 1. The third-order valence-electron chi connectivity index (χ3n) is 4.12. The first-order valence-electron chi connectivity index (χ1n) is 6.99. The normalized spacial score (nSPS) is 44.9. The highest BCUT2D eigenvalue weighted by Crippen LogP contribution is 2.26. The molecule has 0 saturated carbocycles. The molecule has 0 heterocycles. The molecule has 1 amide bonds. The fourth-order valence-corrected chi connectivity index (χ4v) is 2.85. The summed E-state index contributed by atoms with van der Waals surface area (Å²) in [6, 6.07) is -1.97. The van der Waals surface area contributed by atoms with Crippen LogP contribution in [0.5, 0.6) is 0 Å². The summed E-state index contributed by atoms with van der Waals surface area (Å²) in [5.41, 5.74) is 0. The summed E-state index contributed by atoms with van der Waals surface area (Å²) in [6.07, 6.45) is -3.12. The standard InChI is InChI=1S/C14H21NO7/c1-6(16)15(7-2-4-9(17)13(21)11(7)19)8-3-5-10(18)14(22)12(8)20/h2-5,7-14,17-22H,1H3/t7?,8?,9-,10-,11-,12-,13-,14-/m1/s1. The van der Waals surface area contributed by atoms with E-state index in [4.69, 9.17) is 0 Å². The minimum absolute atomic E-state index is 0.505. The molecule has 2 unspecified atom stereocenters. The van der Waals surface area contributed by atoms with Crippen molar-refractivity contribution in [1.29, 1.82) is 0 Å². The van der Waals surface area contributed by atoms with Crippen LogP contribution < -0.4 is 0 Å². The van der Waals surface area contributed by atoms with Gasteiger partial charge in [-0.25, -0.2) is 0 Å². The fraction of sp³-hybridized carbons (Fsp3) is 0.643. The molecule has 8 heteroatoms. The first-order valence-corrected chi connectivity index (χ1v) is 6.99. The zero-order valence-electron chi connectivity index (χ0n) is 12.0. The molecule has 0 saturated heterocycles. The number of aliphatic hydroxyl groups excluding tert-OH is 6. The van der Waals surface area contributed by atoms with Crippen LogP contribution in [-0.4, -0.2) is 90.2 Å². The Balaban J connectivity index is 2.33. The van der Waals surface area contributed by atoms with E-state index in [1.54, 1.807) is 0 Å². The molecule has 0 aromatic carbocycles. The highest BCUT2D eigenvalue weighted by atomic mass is 16.4. The van der Waals surface area contributed by atoms with Crippen molar-refractivity contribution in [2.45, 2.75) is 55.6 Å². The van der Waals surface area contributed by atoms with Gasteiger partial charge < -0.3 is 35.5 Å². The van der Waals surface area contributed by atoms with Crippen molar-refractivity contribution in [3.8, 4) is 0 Å². The summed E-state index contributed by atoms with van der Waals surface area (Å²) in [5, 5.41) is 58.6. The van der Waals surface area contributed by atoms with Crippen LogP contribution in [0.1, 0.15) is 6.92 Å². The van der Waals surface area contributed by atoms with E-state index < -0.39 is 54.6 Å². The predicted octanol–water partition coefficient (Wildman–Crippen LogP) is -3.12. The Morgan fingerprint density at radius 3 is 1.41 bits per heavy atom. The van der Waals surface area contributed by atoms with Gasteiger partial charge in [0.25, 0.3) is 0 Å². The number of hydrogen-bond acceptors (Lipinski definition) is 7. The number of carbonyl (C=O) groups is 1. The molecule has 0 aliphatic heterocycles. The van der Waals surface area contributed by atoms with Gasteiger partial charge in [-0.15, -0.1) is 0 Å². The predicted molar refractivity (Wildman–Crippen MR) is 74.4 cm³/mol. The second-order valence-corrected chi connectivity index (χ2v) is 5.62. The van der Waals surface area contributed by atoms with Gasteiger partial charge in [0.1, 0.15) is 36.6 Å². The van der Waals surface area contributed by atoms with E-state index in [1.807, 2.05) is 0 Å². The monoisotopic (exact) mass is 315 g/mol. The van der Waals surface area contributed by atoms with Crippen LogP contribution in [0.4, 0.5) is 0 Å². The minimum Gasteiger partial charge on any atom is -0.388 e. The van der Waals surface area contributed by atoms with Crippen molar-refractivity contribution < 1.29 is 35.4 Å². The van der Waals surface area contributed by atoms with Gasteiger partial charge in [0.2, 0.25) is 5.91 Å². The maximum absolute atomic E-state index is 12.0. The first kappa shape index (κ1) is 17.1. The molecule has 2 rings (SSSR count). The SMILES string of the molecule is CC(=O)N(C1C=C[C@@H](O)[C@@H](O)[C@@H]1O)C1C=C[C@@H](O)[C@@H](O)[C@@H]1O. The van der Waals surface area contributed by atoms with Crippen molar-refractivity contribution >= 4 is 5.91 Å². The number of nitrogens with zero attached hydrogens (tertiary/aromatic N) is 1. The summed E-state index contributed by atoms with van der Waals surface area (Å²) in [7, 11) is 0. The van der Waals surface area contributed by atoms with Crippen LogP contribution >= 0.6 is 0 Å². The zero-order valence-corrected chi connectivity index (χ0v) is 12.0. The van der Waals surface area contributed by atoms with E-state index in [2.05, 4.69) is 0 Å². The van der Waals surface area contributed by atoms with Gasteiger partial charge in [-0.3, -0.25) is 4.79 Å². The van der Waals surface area contributed by atoms with Crippen molar-refractivity contribution in [3.05, 3.63) is 24.3 Å². The van der Waals surface area contributed by atoms with E-state index in [9.17, 15) is 35.4 Å². The van der Waals surface area contributed by atoms with E-state index in [0.717, 1.165) is 4.90 Å². The van der Waals surface area contributed by atoms with Gasteiger partial charge in [0.05, 0.1) is 12.1 Å². The van der Waals surface area contributed by atoms with Crippen molar-refractivity contribution in [3.63, 3.8) is 0 Å². The lowest BCUT2D eigenvalue weighted by molar-refractivity contribution is -0.148. The van der Waals surface area contributed by atoms with E-state index in [0.29, 0.717) is 0 Å². The molecule has 6 N–H and O–H groups in total. The molecule has 0 aromatic heterocycles.